The molecule has 0 atom stereocenters. The van der Waals surface area contributed by atoms with Gasteiger partial charge >= 0.3 is 5.97 Å². The number of aromatic nitrogens is 2. The molecule has 0 aliphatic heterocycles. The van der Waals surface area contributed by atoms with E-state index in [-0.39, 0.29) is 24.9 Å². The zero-order valence-corrected chi connectivity index (χ0v) is 13.8. The van der Waals surface area contributed by atoms with Crippen molar-refractivity contribution in [3.63, 3.8) is 0 Å². The number of ether oxygens (including phenoxy) is 2. The number of imidazole rings is 1. The molecule has 124 valence electrons. The number of esters is 1. The molecular weight excluding hydrogens is 316 g/mol. The van der Waals surface area contributed by atoms with E-state index >= 15 is 0 Å². The highest BCUT2D eigenvalue weighted by molar-refractivity contribution is 7.99. The number of hydrogen-bond acceptors (Lipinski definition) is 6. The number of carbonyl (C=O) groups excluding carboxylic acids is 1. The van der Waals surface area contributed by atoms with Crippen molar-refractivity contribution in [2.45, 2.75) is 24.9 Å². The fourth-order valence-electron chi connectivity index (χ4n) is 1.96. The molecule has 7 heteroatoms. The molecule has 0 saturated carbocycles. The summed E-state index contributed by atoms with van der Waals surface area (Å²) in [6.45, 7) is 1.25. The summed E-state index contributed by atoms with van der Waals surface area (Å²) < 4.78 is 12.1. The zero-order chi connectivity index (χ0) is 16.5. The van der Waals surface area contributed by atoms with Gasteiger partial charge in [-0.2, -0.15) is 0 Å². The predicted molar refractivity (Wildman–Crippen MR) is 87.0 cm³/mol. The van der Waals surface area contributed by atoms with Gasteiger partial charge in [0, 0.05) is 13.7 Å². The van der Waals surface area contributed by atoms with Gasteiger partial charge in [0.2, 0.25) is 0 Å². The lowest BCUT2D eigenvalue weighted by molar-refractivity contribution is -0.141. The maximum absolute atomic E-state index is 11.8. The molecule has 0 aliphatic rings. The van der Waals surface area contributed by atoms with E-state index in [1.165, 1.54) is 11.8 Å². The van der Waals surface area contributed by atoms with Crippen LogP contribution in [0.25, 0.3) is 0 Å². The van der Waals surface area contributed by atoms with Crippen molar-refractivity contribution in [3.05, 3.63) is 47.8 Å². The Morgan fingerprint density at radius 2 is 2.13 bits per heavy atom. The summed E-state index contributed by atoms with van der Waals surface area (Å²) in [7, 11) is 1.61. The van der Waals surface area contributed by atoms with E-state index in [1.54, 1.807) is 13.3 Å². The second-order valence-electron chi connectivity index (χ2n) is 4.77. The van der Waals surface area contributed by atoms with Gasteiger partial charge in [0.1, 0.15) is 6.61 Å². The Kier molecular flexibility index (Phi) is 7.12. The van der Waals surface area contributed by atoms with Crippen LogP contribution in [0.1, 0.15) is 11.3 Å². The average Bonchev–Trinajstić information content (AvgIpc) is 2.99. The molecule has 0 saturated heterocycles. The lowest BCUT2D eigenvalue weighted by Crippen LogP contribution is -2.11. The van der Waals surface area contributed by atoms with Gasteiger partial charge in [-0.05, 0) is 5.56 Å². The molecule has 23 heavy (non-hydrogen) atoms. The van der Waals surface area contributed by atoms with E-state index in [0.29, 0.717) is 24.0 Å². The Morgan fingerprint density at radius 3 is 2.83 bits per heavy atom. The van der Waals surface area contributed by atoms with E-state index in [9.17, 15) is 9.90 Å². The number of carbonyl (C=O) groups is 1. The molecule has 0 unspecified atom stereocenters. The summed E-state index contributed by atoms with van der Waals surface area (Å²) in [5, 5.41) is 9.99. The van der Waals surface area contributed by atoms with Crippen LogP contribution in [0, 0.1) is 0 Å². The van der Waals surface area contributed by atoms with Crippen LogP contribution in [0.2, 0.25) is 0 Å². The monoisotopic (exact) mass is 336 g/mol. The first-order valence-corrected chi connectivity index (χ1v) is 8.19. The molecule has 0 radical (unpaired) electrons. The number of thioether (sulfide) groups is 1. The van der Waals surface area contributed by atoms with Gasteiger partial charge in [-0.25, -0.2) is 4.98 Å². The van der Waals surface area contributed by atoms with E-state index < -0.39 is 0 Å². The fourth-order valence-corrected chi connectivity index (χ4v) is 2.78. The van der Waals surface area contributed by atoms with E-state index in [0.717, 1.165) is 5.56 Å². The number of rotatable bonds is 9. The Labute approximate surface area is 139 Å². The number of nitrogens with zero attached hydrogens (tertiary/aromatic N) is 2. The summed E-state index contributed by atoms with van der Waals surface area (Å²) in [6.07, 6.45) is 1.60. The molecule has 0 spiro atoms. The molecule has 0 amide bonds. The second-order valence-corrected chi connectivity index (χ2v) is 5.71. The van der Waals surface area contributed by atoms with E-state index in [1.807, 2.05) is 34.9 Å². The van der Waals surface area contributed by atoms with Gasteiger partial charge in [0.15, 0.2) is 5.16 Å². The van der Waals surface area contributed by atoms with Crippen molar-refractivity contribution in [3.8, 4) is 0 Å². The molecule has 0 fully saturated rings. The van der Waals surface area contributed by atoms with Gasteiger partial charge in [0.05, 0.1) is 30.9 Å². The van der Waals surface area contributed by atoms with Gasteiger partial charge in [-0.1, -0.05) is 42.1 Å². The number of aliphatic hydroxyl groups excluding tert-OH is 1. The van der Waals surface area contributed by atoms with Crippen LogP contribution >= 0.6 is 11.8 Å². The maximum atomic E-state index is 11.8. The molecule has 1 aromatic carbocycles. The van der Waals surface area contributed by atoms with Crippen molar-refractivity contribution >= 4 is 17.7 Å². The van der Waals surface area contributed by atoms with Crippen LogP contribution < -0.4 is 0 Å². The summed E-state index contributed by atoms with van der Waals surface area (Å²) in [4.78, 5) is 16.1. The molecule has 1 N–H and O–H groups in total. The Balaban J connectivity index is 1.85. The number of benzene rings is 1. The SMILES string of the molecule is COCCn1c(CO)cnc1SCC(=O)OCc1ccccc1. The summed E-state index contributed by atoms with van der Waals surface area (Å²) >= 11 is 1.29. The Morgan fingerprint density at radius 1 is 1.35 bits per heavy atom. The van der Waals surface area contributed by atoms with Crippen LogP contribution in [-0.2, 0) is 34.0 Å². The lowest BCUT2D eigenvalue weighted by atomic mass is 10.2. The Hall–Kier alpha value is -1.83. The van der Waals surface area contributed by atoms with Gasteiger partial charge in [-0.3, -0.25) is 4.79 Å². The minimum absolute atomic E-state index is 0.101. The van der Waals surface area contributed by atoms with Crippen LogP contribution in [0.15, 0.2) is 41.7 Å². The molecule has 2 aromatic rings. The summed E-state index contributed by atoms with van der Waals surface area (Å²) in [5.74, 6) is -0.132. The standard InChI is InChI=1S/C16H20N2O4S/c1-21-8-7-18-14(10-19)9-17-16(18)23-12-15(20)22-11-13-5-3-2-4-6-13/h2-6,9,19H,7-8,10-12H2,1H3. The average molecular weight is 336 g/mol. The highest BCUT2D eigenvalue weighted by Gasteiger charge is 2.12. The lowest BCUT2D eigenvalue weighted by Gasteiger charge is -2.10. The molecule has 0 bridgehead atoms. The molecule has 0 aliphatic carbocycles. The van der Waals surface area contributed by atoms with E-state index in [2.05, 4.69) is 4.98 Å². The van der Waals surface area contributed by atoms with Gasteiger partial charge in [-0.15, -0.1) is 0 Å². The number of aliphatic hydroxyl groups is 1. The Bertz CT molecular complexity index is 616. The topological polar surface area (TPSA) is 73.6 Å². The quantitative estimate of drug-likeness (QED) is 0.556. The number of methoxy groups -OCH3 is 1. The van der Waals surface area contributed by atoms with E-state index in [4.69, 9.17) is 9.47 Å². The first kappa shape index (κ1) is 17.5. The third kappa shape index (κ3) is 5.38. The van der Waals surface area contributed by atoms with Crippen molar-refractivity contribution in [2.75, 3.05) is 19.5 Å². The largest absolute Gasteiger partial charge is 0.460 e. The molecular formula is C16H20N2O4S. The van der Waals surface area contributed by atoms with Crippen molar-refractivity contribution in [1.29, 1.82) is 0 Å². The van der Waals surface area contributed by atoms with Crippen molar-refractivity contribution in [2.24, 2.45) is 0 Å². The van der Waals surface area contributed by atoms with Crippen LogP contribution in [0.4, 0.5) is 0 Å². The van der Waals surface area contributed by atoms with Gasteiger partial charge < -0.3 is 19.1 Å². The molecule has 2 rings (SSSR count). The van der Waals surface area contributed by atoms with Crippen molar-refractivity contribution in [1.82, 2.24) is 9.55 Å². The van der Waals surface area contributed by atoms with Crippen LogP contribution in [0.5, 0.6) is 0 Å². The first-order valence-electron chi connectivity index (χ1n) is 7.21. The molecule has 6 nitrogen and oxygen atoms in total. The molecule has 1 heterocycles. The number of hydrogen-bond donors (Lipinski definition) is 1. The van der Waals surface area contributed by atoms with Gasteiger partial charge in [0.25, 0.3) is 0 Å². The fraction of sp³-hybridized carbons (Fsp3) is 0.375. The van der Waals surface area contributed by atoms with Crippen molar-refractivity contribution < 1.29 is 19.4 Å². The second kappa shape index (κ2) is 9.34. The smallest absolute Gasteiger partial charge is 0.316 e. The zero-order valence-electron chi connectivity index (χ0n) is 13.0. The highest BCUT2D eigenvalue weighted by atomic mass is 32.2. The molecule has 1 aromatic heterocycles. The third-order valence-electron chi connectivity index (χ3n) is 3.14. The predicted octanol–water partition coefficient (Wildman–Crippen LogP) is 1.86. The highest BCUT2D eigenvalue weighted by Crippen LogP contribution is 2.19. The van der Waals surface area contributed by atoms with Crippen LogP contribution in [0.3, 0.4) is 0 Å². The maximum Gasteiger partial charge on any atom is 0.316 e. The minimum Gasteiger partial charge on any atom is -0.460 e. The summed E-state index contributed by atoms with van der Waals surface area (Å²) in [5.41, 5.74) is 1.65. The first-order chi connectivity index (χ1) is 11.2. The third-order valence-corrected chi connectivity index (χ3v) is 4.11. The summed E-state index contributed by atoms with van der Waals surface area (Å²) in [6, 6.07) is 9.54. The minimum atomic E-state index is -0.300. The van der Waals surface area contributed by atoms with Crippen LogP contribution in [-0.4, -0.2) is 40.1 Å². The normalized spacial score (nSPS) is 10.7.